The number of carbonyl (C=O) groups is 1. The number of benzene rings is 1. The first-order chi connectivity index (χ1) is 9.98. The van der Waals surface area contributed by atoms with Gasteiger partial charge in [0.15, 0.2) is 0 Å². The SMILES string of the molecule is Cc1ccccc1C(CNS(C)(=O)=O)NC(=O)OC(C)(C)C. The van der Waals surface area contributed by atoms with E-state index in [2.05, 4.69) is 10.0 Å². The maximum Gasteiger partial charge on any atom is 0.408 e. The summed E-state index contributed by atoms with van der Waals surface area (Å²) in [5, 5.41) is 2.72. The number of hydrogen-bond donors (Lipinski definition) is 2. The monoisotopic (exact) mass is 328 g/mol. The van der Waals surface area contributed by atoms with Crippen LogP contribution in [0.5, 0.6) is 0 Å². The van der Waals surface area contributed by atoms with Gasteiger partial charge >= 0.3 is 6.09 Å². The molecule has 0 aliphatic heterocycles. The molecule has 0 radical (unpaired) electrons. The lowest BCUT2D eigenvalue weighted by Crippen LogP contribution is -2.40. The number of hydrogen-bond acceptors (Lipinski definition) is 4. The Balaban J connectivity index is 2.92. The van der Waals surface area contributed by atoms with Crippen LogP contribution in [0.2, 0.25) is 0 Å². The number of carbonyl (C=O) groups excluding carboxylic acids is 1. The summed E-state index contributed by atoms with van der Waals surface area (Å²) in [5.41, 5.74) is 1.17. The van der Waals surface area contributed by atoms with Crippen molar-refractivity contribution in [2.45, 2.75) is 39.3 Å². The van der Waals surface area contributed by atoms with Crippen LogP contribution in [0.4, 0.5) is 4.79 Å². The van der Waals surface area contributed by atoms with Crippen LogP contribution in [0.25, 0.3) is 0 Å². The molecule has 22 heavy (non-hydrogen) atoms. The van der Waals surface area contributed by atoms with E-state index in [-0.39, 0.29) is 6.54 Å². The van der Waals surface area contributed by atoms with E-state index in [4.69, 9.17) is 4.74 Å². The van der Waals surface area contributed by atoms with Gasteiger partial charge in [0, 0.05) is 6.54 Å². The molecule has 0 aromatic heterocycles. The Morgan fingerprint density at radius 3 is 2.36 bits per heavy atom. The lowest BCUT2D eigenvalue weighted by atomic mass is 10.0. The molecule has 1 unspecified atom stereocenters. The number of nitrogens with one attached hydrogen (secondary N) is 2. The molecule has 7 heteroatoms. The molecule has 0 fully saturated rings. The molecular weight excluding hydrogens is 304 g/mol. The van der Waals surface area contributed by atoms with Crippen molar-refractivity contribution in [3.8, 4) is 0 Å². The van der Waals surface area contributed by atoms with Gasteiger partial charge in [-0.1, -0.05) is 24.3 Å². The fourth-order valence-electron chi connectivity index (χ4n) is 1.90. The number of rotatable bonds is 5. The molecule has 1 rings (SSSR count). The van der Waals surface area contributed by atoms with Crippen LogP contribution < -0.4 is 10.0 Å². The minimum atomic E-state index is -3.35. The fraction of sp³-hybridized carbons (Fsp3) is 0.533. The molecule has 0 aliphatic carbocycles. The first kappa shape index (κ1) is 18.4. The molecule has 0 aliphatic rings. The van der Waals surface area contributed by atoms with Crippen molar-refractivity contribution in [1.29, 1.82) is 0 Å². The highest BCUT2D eigenvalue weighted by Gasteiger charge is 2.22. The number of alkyl carbamates (subject to hydrolysis) is 1. The van der Waals surface area contributed by atoms with E-state index in [1.165, 1.54) is 0 Å². The van der Waals surface area contributed by atoms with Crippen LogP contribution >= 0.6 is 0 Å². The minimum absolute atomic E-state index is 0.0585. The molecule has 0 bridgehead atoms. The van der Waals surface area contributed by atoms with Crippen molar-refractivity contribution in [2.75, 3.05) is 12.8 Å². The zero-order valence-corrected chi connectivity index (χ0v) is 14.5. The lowest BCUT2D eigenvalue weighted by molar-refractivity contribution is 0.0504. The van der Waals surface area contributed by atoms with Crippen LogP contribution in [0, 0.1) is 6.92 Å². The van der Waals surface area contributed by atoms with Gasteiger partial charge < -0.3 is 10.1 Å². The van der Waals surface area contributed by atoms with Gasteiger partial charge in [0.25, 0.3) is 0 Å². The smallest absolute Gasteiger partial charge is 0.408 e. The highest BCUT2D eigenvalue weighted by molar-refractivity contribution is 7.88. The van der Waals surface area contributed by atoms with Crippen LogP contribution in [0.1, 0.15) is 37.9 Å². The summed E-state index contributed by atoms with van der Waals surface area (Å²) in [4.78, 5) is 12.0. The van der Waals surface area contributed by atoms with E-state index in [0.717, 1.165) is 17.4 Å². The normalized spacial score (nSPS) is 13.5. The van der Waals surface area contributed by atoms with Gasteiger partial charge in [-0.05, 0) is 38.8 Å². The van der Waals surface area contributed by atoms with Crippen molar-refractivity contribution in [1.82, 2.24) is 10.0 Å². The summed E-state index contributed by atoms with van der Waals surface area (Å²) >= 11 is 0. The average molecular weight is 328 g/mol. The van der Waals surface area contributed by atoms with Crippen molar-refractivity contribution in [3.63, 3.8) is 0 Å². The Bertz CT molecular complexity index is 621. The second-order valence-electron chi connectivity index (χ2n) is 6.18. The average Bonchev–Trinajstić information content (AvgIpc) is 2.32. The topological polar surface area (TPSA) is 84.5 Å². The molecular formula is C15H24N2O4S. The summed E-state index contributed by atoms with van der Waals surface area (Å²) in [6.45, 7) is 7.26. The molecule has 0 spiro atoms. The van der Waals surface area contributed by atoms with E-state index >= 15 is 0 Å². The number of sulfonamides is 1. The highest BCUT2D eigenvalue weighted by Crippen LogP contribution is 2.18. The number of ether oxygens (including phenoxy) is 1. The standard InChI is InChI=1S/C15H24N2O4S/c1-11-8-6-7-9-12(11)13(10-16-22(5,19)20)17-14(18)21-15(2,3)4/h6-9,13,16H,10H2,1-5H3,(H,17,18). The van der Waals surface area contributed by atoms with Gasteiger partial charge in [0.1, 0.15) is 5.60 Å². The zero-order valence-electron chi connectivity index (χ0n) is 13.6. The molecule has 1 aromatic rings. The Hall–Kier alpha value is -1.60. The molecule has 1 amide bonds. The Morgan fingerprint density at radius 2 is 1.86 bits per heavy atom. The Labute approximate surface area is 132 Å². The van der Waals surface area contributed by atoms with E-state index < -0.39 is 27.8 Å². The molecule has 1 aromatic carbocycles. The minimum Gasteiger partial charge on any atom is -0.444 e. The first-order valence-electron chi connectivity index (χ1n) is 6.97. The lowest BCUT2D eigenvalue weighted by Gasteiger charge is -2.24. The predicted octanol–water partition coefficient (Wildman–Crippen LogP) is 2.11. The van der Waals surface area contributed by atoms with Crippen LogP contribution in [0.3, 0.4) is 0 Å². The number of aryl methyl sites for hydroxylation is 1. The molecule has 0 heterocycles. The number of amides is 1. The summed E-state index contributed by atoms with van der Waals surface area (Å²) < 4.78 is 30.3. The molecule has 0 saturated heterocycles. The third-order valence-corrected chi connectivity index (χ3v) is 3.50. The summed E-state index contributed by atoms with van der Waals surface area (Å²) in [6.07, 6.45) is 0.492. The molecule has 2 N–H and O–H groups in total. The summed E-state index contributed by atoms with van der Waals surface area (Å²) in [6, 6.07) is 6.96. The van der Waals surface area contributed by atoms with Crippen LogP contribution in [-0.2, 0) is 14.8 Å². The van der Waals surface area contributed by atoms with Crippen LogP contribution in [-0.4, -0.2) is 32.9 Å². The van der Waals surface area contributed by atoms with E-state index in [9.17, 15) is 13.2 Å². The summed E-state index contributed by atoms with van der Waals surface area (Å²) in [5.74, 6) is 0. The Morgan fingerprint density at radius 1 is 1.27 bits per heavy atom. The quantitative estimate of drug-likeness (QED) is 0.867. The second kappa shape index (κ2) is 7.11. The Kier molecular flexibility index (Phi) is 5.96. The molecule has 124 valence electrons. The maximum atomic E-state index is 12.0. The third-order valence-electron chi connectivity index (χ3n) is 2.80. The van der Waals surface area contributed by atoms with Crippen molar-refractivity contribution in [2.24, 2.45) is 0 Å². The zero-order chi connectivity index (χ0) is 17.0. The van der Waals surface area contributed by atoms with Crippen molar-refractivity contribution in [3.05, 3.63) is 35.4 Å². The molecule has 6 nitrogen and oxygen atoms in total. The van der Waals surface area contributed by atoms with Gasteiger partial charge in [-0.2, -0.15) is 0 Å². The predicted molar refractivity (Wildman–Crippen MR) is 86.1 cm³/mol. The van der Waals surface area contributed by atoms with Gasteiger partial charge in [-0.3, -0.25) is 0 Å². The van der Waals surface area contributed by atoms with Gasteiger partial charge in [0.05, 0.1) is 12.3 Å². The van der Waals surface area contributed by atoms with Crippen molar-refractivity contribution >= 4 is 16.1 Å². The maximum absolute atomic E-state index is 12.0. The first-order valence-corrected chi connectivity index (χ1v) is 8.87. The molecule has 0 saturated carbocycles. The van der Waals surface area contributed by atoms with E-state index in [1.54, 1.807) is 20.8 Å². The van der Waals surface area contributed by atoms with E-state index in [1.807, 2.05) is 31.2 Å². The van der Waals surface area contributed by atoms with E-state index in [0.29, 0.717) is 0 Å². The summed E-state index contributed by atoms with van der Waals surface area (Å²) in [7, 11) is -3.35. The molecule has 1 atom stereocenters. The van der Waals surface area contributed by atoms with Gasteiger partial charge in [-0.15, -0.1) is 0 Å². The van der Waals surface area contributed by atoms with Gasteiger partial charge in [0.2, 0.25) is 10.0 Å². The highest BCUT2D eigenvalue weighted by atomic mass is 32.2. The van der Waals surface area contributed by atoms with Crippen molar-refractivity contribution < 1.29 is 17.9 Å². The largest absolute Gasteiger partial charge is 0.444 e. The second-order valence-corrected chi connectivity index (χ2v) is 8.01. The van der Waals surface area contributed by atoms with Gasteiger partial charge in [-0.25, -0.2) is 17.9 Å². The van der Waals surface area contributed by atoms with Crippen LogP contribution in [0.15, 0.2) is 24.3 Å². The fourth-order valence-corrected chi connectivity index (χ4v) is 2.37. The third kappa shape index (κ3) is 6.91.